The smallest absolute Gasteiger partial charge is 0.377 e. The second-order valence-electron chi connectivity index (χ2n) is 7.67. The summed E-state index contributed by atoms with van der Waals surface area (Å²) in [6.45, 7) is 2.07. The zero-order valence-electron chi connectivity index (χ0n) is 15.9. The highest BCUT2D eigenvalue weighted by Crippen LogP contribution is 2.32. The van der Waals surface area contributed by atoms with Crippen molar-refractivity contribution in [1.29, 1.82) is 0 Å². The lowest BCUT2D eigenvalue weighted by molar-refractivity contribution is -0.140. The Hall–Kier alpha value is -3.17. The average molecular weight is 417 g/mol. The van der Waals surface area contributed by atoms with E-state index in [-0.39, 0.29) is 11.6 Å². The number of aromatic nitrogens is 2. The molecule has 2 aliphatic rings. The quantitative estimate of drug-likeness (QED) is 0.652. The Balaban J connectivity index is 1.36. The van der Waals surface area contributed by atoms with Gasteiger partial charge in [-0.25, -0.2) is 9.97 Å². The van der Waals surface area contributed by atoms with Gasteiger partial charge in [0.2, 0.25) is 0 Å². The van der Waals surface area contributed by atoms with Crippen molar-refractivity contribution in [3.63, 3.8) is 0 Å². The number of alkyl halides is 3. The van der Waals surface area contributed by atoms with Crippen LogP contribution in [0.4, 0.5) is 30.4 Å². The molecule has 0 unspecified atom stereocenters. The van der Waals surface area contributed by atoms with Crippen LogP contribution in [0.2, 0.25) is 0 Å². The van der Waals surface area contributed by atoms with Crippen LogP contribution in [0.15, 0.2) is 34.0 Å². The molecule has 2 fully saturated rings. The van der Waals surface area contributed by atoms with Crippen LogP contribution in [0, 0.1) is 0 Å². The number of pyridine rings is 2. The summed E-state index contributed by atoms with van der Waals surface area (Å²) in [7, 11) is 0. The summed E-state index contributed by atoms with van der Waals surface area (Å²) < 4.78 is 38.8. The second-order valence-corrected chi connectivity index (χ2v) is 7.67. The number of nitrogens with one attached hydrogen (secondary N) is 1. The van der Waals surface area contributed by atoms with E-state index in [4.69, 9.17) is 0 Å². The van der Waals surface area contributed by atoms with Gasteiger partial charge in [-0.15, -0.1) is 0 Å². The third kappa shape index (κ3) is 3.16. The predicted octanol–water partition coefficient (Wildman–Crippen LogP) is 2.15. The van der Waals surface area contributed by atoms with E-state index < -0.39 is 22.7 Å². The molecule has 3 heterocycles. The molecule has 0 amide bonds. The molecule has 0 spiro atoms. The van der Waals surface area contributed by atoms with Crippen LogP contribution in [-0.4, -0.2) is 42.2 Å². The molecule has 1 saturated heterocycles. The maximum atomic E-state index is 12.9. The van der Waals surface area contributed by atoms with Gasteiger partial charge in [0.15, 0.2) is 0 Å². The van der Waals surface area contributed by atoms with Gasteiger partial charge in [0.1, 0.15) is 22.9 Å². The standard InChI is InChI=1S/C20H18F3N5O2/c21-20(22,23)14-4-3-12-13(26-14)5-6-24-19(12)28-9-7-27(8-10-28)16-15(17(29)18(16)30)25-11-1-2-11/h3-6,11,25H,1-2,7-10H2. The van der Waals surface area contributed by atoms with Crippen LogP contribution in [0.3, 0.4) is 0 Å². The topological polar surface area (TPSA) is 78.4 Å². The van der Waals surface area contributed by atoms with Gasteiger partial charge in [0, 0.05) is 43.8 Å². The first-order chi connectivity index (χ1) is 14.3. The molecular weight excluding hydrogens is 399 g/mol. The van der Waals surface area contributed by atoms with E-state index >= 15 is 0 Å². The molecule has 1 N–H and O–H groups in total. The Morgan fingerprint density at radius 3 is 2.33 bits per heavy atom. The number of nitrogens with zero attached hydrogens (tertiary/aromatic N) is 4. The molecule has 5 rings (SSSR count). The van der Waals surface area contributed by atoms with Gasteiger partial charge in [-0.05, 0) is 31.0 Å². The molecule has 0 atom stereocenters. The maximum absolute atomic E-state index is 12.9. The lowest BCUT2D eigenvalue weighted by atomic mass is 10.1. The van der Waals surface area contributed by atoms with Crippen LogP contribution in [0.25, 0.3) is 10.9 Å². The van der Waals surface area contributed by atoms with Crippen molar-refractivity contribution >= 4 is 28.1 Å². The maximum Gasteiger partial charge on any atom is 0.433 e. The highest BCUT2D eigenvalue weighted by molar-refractivity contribution is 5.89. The molecule has 0 radical (unpaired) electrons. The van der Waals surface area contributed by atoms with Crippen LogP contribution in [0.5, 0.6) is 0 Å². The monoisotopic (exact) mass is 417 g/mol. The molecular formula is C20H18F3N5O2. The summed E-state index contributed by atoms with van der Waals surface area (Å²) in [6, 6.07) is 4.10. The van der Waals surface area contributed by atoms with Gasteiger partial charge in [0.25, 0.3) is 10.9 Å². The van der Waals surface area contributed by atoms with Crippen molar-refractivity contribution in [2.45, 2.75) is 25.1 Å². The van der Waals surface area contributed by atoms with Gasteiger partial charge in [-0.2, -0.15) is 13.2 Å². The van der Waals surface area contributed by atoms with E-state index in [1.807, 2.05) is 9.80 Å². The third-order valence-electron chi connectivity index (χ3n) is 5.59. The van der Waals surface area contributed by atoms with Gasteiger partial charge >= 0.3 is 6.18 Å². The molecule has 1 aliphatic heterocycles. The summed E-state index contributed by atoms with van der Waals surface area (Å²) >= 11 is 0. The normalized spacial score (nSPS) is 17.7. The Morgan fingerprint density at radius 2 is 1.67 bits per heavy atom. The molecule has 156 valence electrons. The first-order valence-corrected chi connectivity index (χ1v) is 9.75. The average Bonchev–Trinajstić information content (AvgIpc) is 3.56. The lowest BCUT2D eigenvalue weighted by Gasteiger charge is -2.38. The fraction of sp³-hybridized carbons (Fsp3) is 0.400. The van der Waals surface area contributed by atoms with Crippen molar-refractivity contribution < 1.29 is 13.2 Å². The molecule has 1 saturated carbocycles. The Bertz CT molecular complexity index is 1190. The van der Waals surface area contributed by atoms with E-state index in [1.54, 1.807) is 0 Å². The van der Waals surface area contributed by atoms with Crippen molar-refractivity contribution in [3.05, 3.63) is 50.5 Å². The number of piperazine rings is 1. The van der Waals surface area contributed by atoms with Crippen molar-refractivity contribution in [1.82, 2.24) is 9.97 Å². The summed E-state index contributed by atoms with van der Waals surface area (Å²) in [6.07, 6.45) is -1.05. The van der Waals surface area contributed by atoms with Crippen LogP contribution in [0.1, 0.15) is 18.5 Å². The van der Waals surface area contributed by atoms with Gasteiger partial charge in [0.05, 0.1) is 5.52 Å². The molecule has 3 aromatic rings. The molecule has 0 bridgehead atoms. The Labute approximate surface area is 168 Å². The Kier molecular flexibility index (Phi) is 4.19. The van der Waals surface area contributed by atoms with Crippen LogP contribution >= 0.6 is 0 Å². The minimum absolute atomic E-state index is 0.232. The van der Waals surface area contributed by atoms with Gasteiger partial charge in [-0.1, -0.05) is 0 Å². The Morgan fingerprint density at radius 1 is 0.967 bits per heavy atom. The van der Waals surface area contributed by atoms with E-state index in [2.05, 4.69) is 15.3 Å². The highest BCUT2D eigenvalue weighted by Gasteiger charge is 2.34. The van der Waals surface area contributed by atoms with E-state index in [0.717, 1.165) is 18.9 Å². The van der Waals surface area contributed by atoms with E-state index in [1.165, 1.54) is 18.3 Å². The summed E-state index contributed by atoms with van der Waals surface area (Å²) in [4.78, 5) is 36.0. The van der Waals surface area contributed by atoms with E-state index in [0.29, 0.717) is 48.8 Å². The number of hydrogen-bond acceptors (Lipinski definition) is 7. The fourth-order valence-electron chi connectivity index (χ4n) is 3.84. The molecule has 10 heteroatoms. The van der Waals surface area contributed by atoms with Crippen molar-refractivity contribution in [2.75, 3.05) is 41.3 Å². The zero-order valence-corrected chi connectivity index (χ0v) is 15.9. The third-order valence-corrected chi connectivity index (χ3v) is 5.59. The summed E-state index contributed by atoms with van der Waals surface area (Å²) in [5, 5.41) is 3.69. The van der Waals surface area contributed by atoms with Crippen molar-refractivity contribution in [2.24, 2.45) is 0 Å². The number of fused-ring (bicyclic) bond motifs is 1. The van der Waals surface area contributed by atoms with Crippen molar-refractivity contribution in [3.8, 4) is 0 Å². The van der Waals surface area contributed by atoms with Crippen LogP contribution < -0.4 is 26.0 Å². The minimum Gasteiger partial charge on any atom is -0.377 e. The second kappa shape index (κ2) is 6.68. The molecule has 2 aromatic heterocycles. The van der Waals surface area contributed by atoms with E-state index in [9.17, 15) is 22.8 Å². The molecule has 7 nitrogen and oxygen atoms in total. The number of rotatable bonds is 4. The largest absolute Gasteiger partial charge is 0.433 e. The molecule has 1 aliphatic carbocycles. The van der Waals surface area contributed by atoms with Crippen LogP contribution in [-0.2, 0) is 6.18 Å². The fourth-order valence-corrected chi connectivity index (χ4v) is 3.84. The van der Waals surface area contributed by atoms with Gasteiger partial charge in [-0.3, -0.25) is 9.59 Å². The predicted molar refractivity (Wildman–Crippen MR) is 107 cm³/mol. The SMILES string of the molecule is O=c1c(NC2CC2)c(N2CCN(c3nccc4nc(C(F)(F)F)ccc34)CC2)c1=O. The highest BCUT2D eigenvalue weighted by atomic mass is 19.4. The number of anilines is 3. The molecule has 1 aromatic carbocycles. The van der Waals surface area contributed by atoms with Gasteiger partial charge < -0.3 is 15.1 Å². The lowest BCUT2D eigenvalue weighted by Crippen LogP contribution is -2.52. The first-order valence-electron chi connectivity index (χ1n) is 9.75. The minimum atomic E-state index is -4.50. The summed E-state index contributed by atoms with van der Waals surface area (Å²) in [5.41, 5.74) is -0.749. The number of hydrogen-bond donors (Lipinski definition) is 1. The molecule has 30 heavy (non-hydrogen) atoms. The summed E-state index contributed by atoms with van der Waals surface area (Å²) in [5.74, 6) is 0.565. The zero-order chi connectivity index (χ0) is 21.0. The first kappa shape index (κ1) is 18.8. The number of halogens is 3.